The van der Waals surface area contributed by atoms with E-state index in [1.54, 1.807) is 18.3 Å². The Bertz CT molecular complexity index is 760. The molecule has 0 saturated carbocycles. The van der Waals surface area contributed by atoms with E-state index >= 15 is 0 Å². The highest BCUT2D eigenvalue weighted by atomic mass is 35.5. The standard InChI is InChI=1S/C15H14ClFN2O3/c16-10-1-2-12-11(6-10)9(7-18-12)5-13(20)19-4-3-15(17,8-19)14(21)22/h1-2,6-7,18H,3-5,8H2,(H,21,22). The Morgan fingerprint density at radius 2 is 2.23 bits per heavy atom. The Balaban J connectivity index is 1.77. The second kappa shape index (κ2) is 5.28. The molecule has 2 aromatic rings. The zero-order chi connectivity index (χ0) is 15.9. The van der Waals surface area contributed by atoms with Crippen LogP contribution in [0.25, 0.3) is 10.9 Å². The molecular formula is C15H14ClFN2O3. The summed E-state index contributed by atoms with van der Waals surface area (Å²) in [5.74, 6) is -1.80. The number of amides is 1. The molecule has 7 heteroatoms. The fourth-order valence-corrected chi connectivity index (χ4v) is 2.90. The van der Waals surface area contributed by atoms with E-state index in [1.807, 2.05) is 6.07 Å². The first-order valence-corrected chi connectivity index (χ1v) is 7.22. The second-order valence-electron chi connectivity index (χ2n) is 5.52. The van der Waals surface area contributed by atoms with E-state index in [4.69, 9.17) is 16.7 Å². The molecule has 1 saturated heterocycles. The van der Waals surface area contributed by atoms with Crippen molar-refractivity contribution in [2.24, 2.45) is 0 Å². The number of likely N-dealkylation sites (tertiary alicyclic amines) is 1. The highest BCUT2D eigenvalue weighted by Crippen LogP contribution is 2.28. The molecule has 1 aromatic carbocycles. The van der Waals surface area contributed by atoms with Crippen molar-refractivity contribution in [3.05, 3.63) is 35.0 Å². The van der Waals surface area contributed by atoms with E-state index in [1.165, 1.54) is 4.90 Å². The van der Waals surface area contributed by atoms with Crippen LogP contribution in [-0.2, 0) is 16.0 Å². The van der Waals surface area contributed by atoms with Crippen LogP contribution in [0, 0.1) is 0 Å². The molecule has 3 rings (SSSR count). The third-order valence-corrected chi connectivity index (χ3v) is 4.26. The smallest absolute Gasteiger partial charge is 0.343 e. The fourth-order valence-electron chi connectivity index (χ4n) is 2.73. The molecule has 0 radical (unpaired) electrons. The monoisotopic (exact) mass is 324 g/mol. The SMILES string of the molecule is O=C(Cc1c[nH]c2ccc(Cl)cc12)N1CCC(F)(C(=O)O)C1. The van der Waals surface area contributed by atoms with E-state index in [2.05, 4.69) is 4.98 Å². The van der Waals surface area contributed by atoms with Crippen molar-refractivity contribution >= 4 is 34.4 Å². The lowest BCUT2D eigenvalue weighted by Crippen LogP contribution is -2.39. The van der Waals surface area contributed by atoms with Gasteiger partial charge in [-0.05, 0) is 23.8 Å². The van der Waals surface area contributed by atoms with Crippen LogP contribution in [0.4, 0.5) is 4.39 Å². The third kappa shape index (κ3) is 2.54. The van der Waals surface area contributed by atoms with Gasteiger partial charge >= 0.3 is 5.97 Å². The van der Waals surface area contributed by atoms with Crippen molar-refractivity contribution in [2.75, 3.05) is 13.1 Å². The van der Waals surface area contributed by atoms with Crippen molar-refractivity contribution in [1.82, 2.24) is 9.88 Å². The lowest BCUT2D eigenvalue weighted by atomic mass is 10.1. The molecular weight excluding hydrogens is 311 g/mol. The van der Waals surface area contributed by atoms with Gasteiger partial charge in [0.1, 0.15) is 0 Å². The topological polar surface area (TPSA) is 73.4 Å². The number of nitrogens with zero attached hydrogens (tertiary/aromatic N) is 1. The van der Waals surface area contributed by atoms with Gasteiger partial charge in [-0.3, -0.25) is 4.79 Å². The van der Waals surface area contributed by atoms with Crippen LogP contribution < -0.4 is 0 Å². The van der Waals surface area contributed by atoms with Crippen molar-refractivity contribution in [3.8, 4) is 0 Å². The van der Waals surface area contributed by atoms with E-state index in [0.717, 1.165) is 16.5 Å². The molecule has 1 aromatic heterocycles. The fraction of sp³-hybridized carbons (Fsp3) is 0.333. The quantitative estimate of drug-likeness (QED) is 0.910. The van der Waals surface area contributed by atoms with Gasteiger partial charge in [-0.1, -0.05) is 11.6 Å². The number of nitrogens with one attached hydrogen (secondary N) is 1. The molecule has 1 unspecified atom stereocenters. The van der Waals surface area contributed by atoms with Gasteiger partial charge < -0.3 is 15.0 Å². The average Bonchev–Trinajstić information content (AvgIpc) is 3.04. The Labute approximate surface area is 130 Å². The minimum absolute atomic E-state index is 0.0794. The number of carboxylic acids is 1. The largest absolute Gasteiger partial charge is 0.479 e. The van der Waals surface area contributed by atoms with Crippen LogP contribution >= 0.6 is 11.6 Å². The highest BCUT2D eigenvalue weighted by molar-refractivity contribution is 6.31. The molecule has 0 aliphatic carbocycles. The van der Waals surface area contributed by atoms with Crippen LogP contribution in [0.2, 0.25) is 5.02 Å². The molecule has 116 valence electrons. The number of carbonyl (C=O) groups excluding carboxylic acids is 1. The predicted octanol–water partition coefficient (Wildman–Crippen LogP) is 2.39. The van der Waals surface area contributed by atoms with Crippen molar-refractivity contribution in [1.29, 1.82) is 0 Å². The second-order valence-corrected chi connectivity index (χ2v) is 5.95. The van der Waals surface area contributed by atoms with Gasteiger partial charge in [0.15, 0.2) is 0 Å². The summed E-state index contributed by atoms with van der Waals surface area (Å²) < 4.78 is 14.0. The van der Waals surface area contributed by atoms with Gasteiger partial charge in [-0.2, -0.15) is 0 Å². The van der Waals surface area contributed by atoms with E-state index in [9.17, 15) is 14.0 Å². The molecule has 22 heavy (non-hydrogen) atoms. The summed E-state index contributed by atoms with van der Waals surface area (Å²) in [6, 6.07) is 5.33. The van der Waals surface area contributed by atoms with Crippen molar-refractivity contribution in [3.63, 3.8) is 0 Å². The molecule has 0 spiro atoms. The minimum atomic E-state index is -2.33. The van der Waals surface area contributed by atoms with Gasteiger partial charge in [0.25, 0.3) is 0 Å². The molecule has 0 bridgehead atoms. The Morgan fingerprint density at radius 3 is 2.91 bits per heavy atom. The van der Waals surface area contributed by atoms with Gasteiger partial charge in [-0.15, -0.1) is 0 Å². The van der Waals surface area contributed by atoms with Gasteiger partial charge in [0.2, 0.25) is 11.6 Å². The summed E-state index contributed by atoms with van der Waals surface area (Å²) >= 11 is 5.96. The lowest BCUT2D eigenvalue weighted by Gasteiger charge is -2.17. The highest BCUT2D eigenvalue weighted by Gasteiger charge is 2.46. The van der Waals surface area contributed by atoms with Gasteiger partial charge in [0.05, 0.1) is 13.0 Å². The van der Waals surface area contributed by atoms with Crippen molar-refractivity contribution in [2.45, 2.75) is 18.5 Å². The first-order chi connectivity index (χ1) is 10.4. The van der Waals surface area contributed by atoms with Crippen LogP contribution in [0.15, 0.2) is 24.4 Å². The van der Waals surface area contributed by atoms with Crippen LogP contribution in [-0.4, -0.2) is 45.6 Å². The summed E-state index contributed by atoms with van der Waals surface area (Å²) in [6.45, 7) is -0.283. The number of aromatic nitrogens is 1. The summed E-state index contributed by atoms with van der Waals surface area (Å²) in [7, 11) is 0. The number of rotatable bonds is 3. The van der Waals surface area contributed by atoms with Crippen LogP contribution in [0.5, 0.6) is 0 Å². The van der Waals surface area contributed by atoms with Gasteiger partial charge in [-0.25, -0.2) is 9.18 Å². The molecule has 1 fully saturated rings. The maximum Gasteiger partial charge on any atom is 0.343 e. The zero-order valence-corrected chi connectivity index (χ0v) is 12.4. The first-order valence-electron chi connectivity index (χ1n) is 6.85. The normalized spacial score (nSPS) is 21.5. The number of carbonyl (C=O) groups is 2. The number of hydrogen-bond donors (Lipinski definition) is 2. The lowest BCUT2D eigenvalue weighted by molar-refractivity contribution is -0.150. The molecule has 1 amide bonds. The Kier molecular flexibility index (Phi) is 3.56. The van der Waals surface area contributed by atoms with Crippen LogP contribution in [0.1, 0.15) is 12.0 Å². The first kappa shape index (κ1) is 14.8. The third-order valence-electron chi connectivity index (χ3n) is 4.03. The minimum Gasteiger partial charge on any atom is -0.479 e. The zero-order valence-electron chi connectivity index (χ0n) is 11.6. The summed E-state index contributed by atoms with van der Waals surface area (Å²) in [5.41, 5.74) is -0.715. The Morgan fingerprint density at radius 1 is 1.45 bits per heavy atom. The summed E-state index contributed by atoms with van der Waals surface area (Å²) in [5, 5.41) is 10.3. The van der Waals surface area contributed by atoms with E-state index in [0.29, 0.717) is 5.02 Å². The molecule has 1 atom stereocenters. The number of halogens is 2. The number of hydrogen-bond acceptors (Lipinski definition) is 2. The summed E-state index contributed by atoms with van der Waals surface area (Å²) in [4.78, 5) is 27.5. The number of alkyl halides is 1. The molecule has 1 aliphatic heterocycles. The number of aromatic amines is 1. The Hall–Kier alpha value is -2.08. The van der Waals surface area contributed by atoms with Crippen LogP contribution in [0.3, 0.4) is 0 Å². The maximum atomic E-state index is 14.0. The summed E-state index contributed by atoms with van der Waals surface area (Å²) in [6.07, 6.45) is 1.62. The van der Waals surface area contributed by atoms with Gasteiger partial charge in [0, 0.05) is 35.1 Å². The maximum absolute atomic E-state index is 14.0. The molecule has 1 aliphatic rings. The van der Waals surface area contributed by atoms with E-state index in [-0.39, 0.29) is 25.3 Å². The number of H-pyrrole nitrogens is 1. The number of aliphatic carboxylic acids is 1. The predicted molar refractivity (Wildman–Crippen MR) is 79.7 cm³/mol. The number of fused-ring (bicyclic) bond motifs is 1. The average molecular weight is 325 g/mol. The molecule has 2 heterocycles. The van der Waals surface area contributed by atoms with Crippen molar-refractivity contribution < 1.29 is 19.1 Å². The molecule has 5 nitrogen and oxygen atoms in total. The number of carboxylic acid groups (broad SMARTS) is 1. The number of benzene rings is 1. The molecule has 2 N–H and O–H groups in total. The van der Waals surface area contributed by atoms with E-state index < -0.39 is 18.2 Å².